The van der Waals surface area contributed by atoms with Gasteiger partial charge in [0.15, 0.2) is 5.75 Å². The highest BCUT2D eigenvalue weighted by Gasteiger charge is 2.35. The molecule has 3 amide bonds. The van der Waals surface area contributed by atoms with E-state index < -0.39 is 0 Å². The van der Waals surface area contributed by atoms with Gasteiger partial charge in [-0.25, -0.2) is 4.79 Å². The lowest BCUT2D eigenvalue weighted by molar-refractivity contribution is 0.0368. The highest BCUT2D eigenvalue weighted by atomic mass is 16.5. The number of urea groups is 1. The fourth-order valence-electron chi connectivity index (χ4n) is 3.51. The number of hydrogen-bond acceptors (Lipinski definition) is 5. The Kier molecular flexibility index (Phi) is 7.95. The number of para-hydroxylation sites is 1. The van der Waals surface area contributed by atoms with Crippen LogP contribution in [0.2, 0.25) is 0 Å². The summed E-state index contributed by atoms with van der Waals surface area (Å²) in [5, 5.41) is 12.6. The maximum absolute atomic E-state index is 13.3. The molecule has 1 heterocycles. The third-order valence-electron chi connectivity index (χ3n) is 5.36. The third-order valence-corrected chi connectivity index (χ3v) is 5.36. The van der Waals surface area contributed by atoms with Crippen molar-refractivity contribution < 1.29 is 19.4 Å². The first-order valence-electron chi connectivity index (χ1n) is 10.5. The summed E-state index contributed by atoms with van der Waals surface area (Å²) in [6.07, 6.45) is -0.325. The van der Waals surface area contributed by atoms with Gasteiger partial charge in [0.05, 0.1) is 30.4 Å². The number of anilines is 1. The summed E-state index contributed by atoms with van der Waals surface area (Å²) in [4.78, 5) is 31.0. The summed E-state index contributed by atoms with van der Waals surface area (Å²) < 4.78 is 6.43. The number of likely N-dealkylation sites (N-methyl/N-ethyl adjacent to an activating group) is 1. The Labute approximate surface area is 179 Å². The molecule has 0 saturated heterocycles. The zero-order valence-corrected chi connectivity index (χ0v) is 19.2. The Morgan fingerprint density at radius 3 is 2.53 bits per heavy atom. The molecule has 2 N–H and O–H groups in total. The standard InChI is InChI=1S/C22H36N4O4/c1-14(2)23-22(29)25(7)12-19-15(3)11-26(16(4)13-27)21(28)17-9-8-10-18(24(5)6)20(17)30-19/h8-10,14-16,19,27H,11-13H2,1-7H3,(H,23,29)/t15-,16+,19-/m1/s1. The largest absolute Gasteiger partial charge is 0.485 e. The van der Waals surface area contributed by atoms with Gasteiger partial charge in [0.25, 0.3) is 5.91 Å². The monoisotopic (exact) mass is 420 g/mol. The van der Waals surface area contributed by atoms with E-state index in [9.17, 15) is 14.7 Å². The third kappa shape index (κ3) is 5.36. The van der Waals surface area contributed by atoms with E-state index in [4.69, 9.17) is 4.74 Å². The molecular formula is C22H36N4O4. The van der Waals surface area contributed by atoms with Crippen molar-refractivity contribution in [1.82, 2.24) is 15.1 Å². The lowest BCUT2D eigenvalue weighted by Gasteiger charge is -2.39. The Bertz CT molecular complexity index is 753. The van der Waals surface area contributed by atoms with Crippen LogP contribution in [-0.2, 0) is 0 Å². The van der Waals surface area contributed by atoms with Crippen LogP contribution in [0, 0.1) is 5.92 Å². The van der Waals surface area contributed by atoms with Gasteiger partial charge in [-0.1, -0.05) is 13.0 Å². The molecule has 0 spiro atoms. The smallest absolute Gasteiger partial charge is 0.317 e. The normalized spacial score (nSPS) is 20.0. The van der Waals surface area contributed by atoms with Crippen molar-refractivity contribution in [2.45, 2.75) is 45.9 Å². The fraction of sp³-hybridized carbons (Fsp3) is 0.636. The number of ether oxygens (including phenoxy) is 1. The maximum Gasteiger partial charge on any atom is 0.317 e. The van der Waals surface area contributed by atoms with Crippen LogP contribution in [0.4, 0.5) is 10.5 Å². The molecule has 8 heteroatoms. The second-order valence-corrected chi connectivity index (χ2v) is 8.66. The number of nitrogens with zero attached hydrogens (tertiary/aromatic N) is 3. The van der Waals surface area contributed by atoms with Crippen LogP contribution in [0.25, 0.3) is 0 Å². The van der Waals surface area contributed by atoms with Crippen molar-refractivity contribution in [3.8, 4) is 5.75 Å². The minimum absolute atomic E-state index is 0.0372. The first-order chi connectivity index (χ1) is 14.1. The van der Waals surface area contributed by atoms with E-state index in [1.54, 1.807) is 22.9 Å². The van der Waals surface area contributed by atoms with Crippen molar-refractivity contribution in [2.24, 2.45) is 5.92 Å². The zero-order chi connectivity index (χ0) is 22.6. The second kappa shape index (κ2) is 10.0. The minimum atomic E-state index is -0.325. The number of nitrogens with one attached hydrogen (secondary N) is 1. The summed E-state index contributed by atoms with van der Waals surface area (Å²) in [7, 11) is 5.54. The van der Waals surface area contributed by atoms with Crippen LogP contribution in [-0.4, -0.2) is 85.9 Å². The number of fused-ring (bicyclic) bond motifs is 1. The predicted molar refractivity (Wildman–Crippen MR) is 118 cm³/mol. The Morgan fingerprint density at radius 1 is 1.30 bits per heavy atom. The molecular weight excluding hydrogens is 384 g/mol. The molecule has 0 bridgehead atoms. The van der Waals surface area contributed by atoms with Gasteiger partial charge in [-0.2, -0.15) is 0 Å². The van der Waals surface area contributed by atoms with E-state index >= 15 is 0 Å². The van der Waals surface area contributed by atoms with E-state index in [0.29, 0.717) is 24.4 Å². The number of carbonyl (C=O) groups excluding carboxylic acids is 2. The maximum atomic E-state index is 13.3. The average molecular weight is 421 g/mol. The van der Waals surface area contributed by atoms with E-state index in [1.165, 1.54) is 0 Å². The number of hydrogen-bond donors (Lipinski definition) is 2. The molecule has 1 aromatic rings. The molecule has 0 fully saturated rings. The number of benzene rings is 1. The summed E-state index contributed by atoms with van der Waals surface area (Å²) >= 11 is 0. The number of aliphatic hydroxyl groups is 1. The molecule has 0 radical (unpaired) electrons. The van der Waals surface area contributed by atoms with E-state index in [2.05, 4.69) is 5.32 Å². The van der Waals surface area contributed by atoms with Gasteiger partial charge in [0.1, 0.15) is 6.10 Å². The summed E-state index contributed by atoms with van der Waals surface area (Å²) in [6, 6.07) is 5.04. The number of carbonyl (C=O) groups is 2. The van der Waals surface area contributed by atoms with Crippen LogP contribution in [0.1, 0.15) is 38.1 Å². The van der Waals surface area contributed by atoms with Gasteiger partial charge in [-0.05, 0) is 32.9 Å². The van der Waals surface area contributed by atoms with Crippen LogP contribution < -0.4 is 15.0 Å². The van der Waals surface area contributed by atoms with Gasteiger partial charge in [-0.3, -0.25) is 4.79 Å². The average Bonchev–Trinajstić information content (AvgIpc) is 2.68. The topological polar surface area (TPSA) is 85.4 Å². The second-order valence-electron chi connectivity index (χ2n) is 8.66. The molecule has 0 unspecified atom stereocenters. The molecule has 8 nitrogen and oxygen atoms in total. The Balaban J connectivity index is 2.45. The molecule has 1 aliphatic rings. The van der Waals surface area contributed by atoms with Crippen LogP contribution >= 0.6 is 0 Å². The molecule has 0 aromatic heterocycles. The number of aliphatic hydroxyl groups excluding tert-OH is 1. The highest BCUT2D eigenvalue weighted by molar-refractivity contribution is 5.99. The molecule has 3 atom stereocenters. The highest BCUT2D eigenvalue weighted by Crippen LogP contribution is 2.36. The Morgan fingerprint density at radius 2 is 1.97 bits per heavy atom. The molecule has 2 rings (SSSR count). The van der Waals surface area contributed by atoms with Crippen molar-refractivity contribution in [1.29, 1.82) is 0 Å². The zero-order valence-electron chi connectivity index (χ0n) is 19.2. The SMILES string of the molecule is CC(C)NC(=O)N(C)C[C@H]1Oc2c(cccc2N(C)C)C(=O)N([C@@H](C)CO)C[C@H]1C. The van der Waals surface area contributed by atoms with Crippen LogP contribution in [0.3, 0.4) is 0 Å². The molecule has 1 aliphatic heterocycles. The van der Waals surface area contributed by atoms with E-state index in [-0.39, 0.29) is 42.7 Å². The molecule has 168 valence electrons. The van der Waals surface area contributed by atoms with Gasteiger partial charge in [0, 0.05) is 39.6 Å². The van der Waals surface area contributed by atoms with Crippen LogP contribution in [0.15, 0.2) is 18.2 Å². The summed E-state index contributed by atoms with van der Waals surface area (Å²) in [5.74, 6) is 0.295. The van der Waals surface area contributed by atoms with Gasteiger partial charge in [0.2, 0.25) is 0 Å². The van der Waals surface area contributed by atoms with Gasteiger partial charge >= 0.3 is 6.03 Å². The first kappa shape index (κ1) is 23.8. The number of rotatable bonds is 6. The molecule has 30 heavy (non-hydrogen) atoms. The molecule has 0 saturated carbocycles. The quantitative estimate of drug-likeness (QED) is 0.736. The first-order valence-corrected chi connectivity index (χ1v) is 10.5. The van der Waals surface area contributed by atoms with Crippen molar-refractivity contribution in [3.63, 3.8) is 0 Å². The summed E-state index contributed by atoms with van der Waals surface area (Å²) in [5.41, 5.74) is 1.26. The van der Waals surface area contributed by atoms with Gasteiger partial charge < -0.3 is 29.9 Å². The molecule has 0 aliphatic carbocycles. The van der Waals surface area contributed by atoms with E-state index in [1.807, 2.05) is 58.8 Å². The van der Waals surface area contributed by atoms with Crippen LogP contribution in [0.5, 0.6) is 5.75 Å². The number of amides is 3. The van der Waals surface area contributed by atoms with Crippen molar-refractivity contribution in [2.75, 3.05) is 45.7 Å². The lowest BCUT2D eigenvalue weighted by atomic mass is 9.99. The minimum Gasteiger partial charge on any atom is -0.485 e. The van der Waals surface area contributed by atoms with Gasteiger partial charge in [-0.15, -0.1) is 0 Å². The van der Waals surface area contributed by atoms with Crippen molar-refractivity contribution in [3.05, 3.63) is 23.8 Å². The lowest BCUT2D eigenvalue weighted by Crippen LogP contribution is -2.51. The summed E-state index contributed by atoms with van der Waals surface area (Å²) in [6.45, 7) is 8.35. The predicted octanol–water partition coefficient (Wildman–Crippen LogP) is 2.02. The van der Waals surface area contributed by atoms with Crippen molar-refractivity contribution >= 4 is 17.6 Å². The van der Waals surface area contributed by atoms with E-state index in [0.717, 1.165) is 5.69 Å². The molecule has 1 aromatic carbocycles. The fourth-order valence-corrected chi connectivity index (χ4v) is 3.51. The Hall–Kier alpha value is -2.48.